The summed E-state index contributed by atoms with van der Waals surface area (Å²) in [5.74, 6) is 0.900. The van der Waals surface area contributed by atoms with Crippen molar-refractivity contribution in [3.8, 4) is 0 Å². The number of rotatable bonds is 4. The first-order valence-electron chi connectivity index (χ1n) is 8.49. The minimum atomic E-state index is 0.448. The van der Waals surface area contributed by atoms with E-state index in [1.54, 1.807) is 0 Å². The molecule has 20 heavy (non-hydrogen) atoms. The quantitative estimate of drug-likeness (QED) is 0.837. The van der Waals surface area contributed by atoms with E-state index >= 15 is 0 Å². The summed E-state index contributed by atoms with van der Waals surface area (Å²) in [6.45, 7) is 6.03. The van der Waals surface area contributed by atoms with E-state index in [9.17, 15) is 0 Å². The van der Waals surface area contributed by atoms with Crippen molar-refractivity contribution in [3.63, 3.8) is 0 Å². The van der Waals surface area contributed by atoms with Crippen LogP contribution in [0.4, 0.5) is 0 Å². The van der Waals surface area contributed by atoms with Crippen LogP contribution in [0.1, 0.15) is 32.1 Å². The van der Waals surface area contributed by atoms with Crippen LogP contribution in [-0.2, 0) is 4.74 Å². The van der Waals surface area contributed by atoms with Gasteiger partial charge in [-0.05, 0) is 65.2 Å². The van der Waals surface area contributed by atoms with Gasteiger partial charge in [0, 0.05) is 25.7 Å². The van der Waals surface area contributed by atoms with Crippen molar-refractivity contribution in [1.82, 2.24) is 15.1 Å². The molecular weight excluding hydrogens is 250 g/mol. The molecule has 4 atom stereocenters. The Balaban J connectivity index is 1.46. The zero-order valence-electron chi connectivity index (χ0n) is 13.2. The summed E-state index contributed by atoms with van der Waals surface area (Å²) in [6, 6.07) is 0.849. The highest BCUT2D eigenvalue weighted by molar-refractivity contribution is 4.90. The number of ether oxygens (including phenoxy) is 1. The first-order valence-corrected chi connectivity index (χ1v) is 8.49. The predicted octanol–water partition coefficient (Wildman–Crippen LogP) is 1.17. The van der Waals surface area contributed by atoms with Crippen LogP contribution < -0.4 is 5.32 Å². The lowest BCUT2D eigenvalue weighted by molar-refractivity contribution is -0.00747. The van der Waals surface area contributed by atoms with E-state index in [1.807, 2.05) is 7.05 Å². The number of piperidine rings is 2. The van der Waals surface area contributed by atoms with Crippen molar-refractivity contribution in [2.24, 2.45) is 5.92 Å². The molecule has 3 saturated heterocycles. The fourth-order valence-electron chi connectivity index (χ4n) is 4.47. The minimum Gasteiger partial charge on any atom is -0.372 e. The van der Waals surface area contributed by atoms with Gasteiger partial charge in [-0.25, -0.2) is 0 Å². The predicted molar refractivity (Wildman–Crippen MR) is 82.0 cm³/mol. The zero-order chi connectivity index (χ0) is 13.9. The van der Waals surface area contributed by atoms with Crippen LogP contribution in [0.3, 0.4) is 0 Å². The molecule has 0 aliphatic carbocycles. The normalized spacial score (nSPS) is 39.9. The number of hydrogen-bond donors (Lipinski definition) is 1. The summed E-state index contributed by atoms with van der Waals surface area (Å²) in [4.78, 5) is 5.27. The summed E-state index contributed by atoms with van der Waals surface area (Å²) in [5.41, 5.74) is 0. The van der Waals surface area contributed by atoms with Crippen molar-refractivity contribution in [1.29, 1.82) is 0 Å². The number of nitrogens with zero attached hydrogens (tertiary/aromatic N) is 2. The molecule has 0 aromatic carbocycles. The Morgan fingerprint density at radius 2 is 1.95 bits per heavy atom. The van der Waals surface area contributed by atoms with E-state index in [1.165, 1.54) is 51.7 Å². The van der Waals surface area contributed by atoms with Gasteiger partial charge in [0.2, 0.25) is 0 Å². The van der Waals surface area contributed by atoms with Gasteiger partial charge in [-0.3, -0.25) is 0 Å². The third-order valence-corrected chi connectivity index (χ3v) is 5.52. The van der Waals surface area contributed by atoms with Crippen LogP contribution >= 0.6 is 0 Å². The molecule has 3 aliphatic rings. The summed E-state index contributed by atoms with van der Waals surface area (Å²) in [5, 5.41) is 3.23. The molecule has 0 bridgehead atoms. The molecule has 3 fully saturated rings. The van der Waals surface area contributed by atoms with E-state index in [0.29, 0.717) is 12.2 Å². The SMILES string of the molecule is CNCC1CCC(CN2CCC3C(CCCN3C)C2)O1. The fourth-order valence-corrected chi connectivity index (χ4v) is 4.47. The van der Waals surface area contributed by atoms with Crippen LogP contribution in [0.15, 0.2) is 0 Å². The average Bonchev–Trinajstić information content (AvgIpc) is 2.87. The monoisotopic (exact) mass is 281 g/mol. The van der Waals surface area contributed by atoms with E-state index in [2.05, 4.69) is 22.2 Å². The molecule has 1 N–H and O–H groups in total. The third kappa shape index (κ3) is 3.35. The molecular formula is C16H31N3O. The number of hydrogen-bond acceptors (Lipinski definition) is 4. The van der Waals surface area contributed by atoms with Gasteiger partial charge in [0.15, 0.2) is 0 Å². The maximum absolute atomic E-state index is 6.15. The van der Waals surface area contributed by atoms with E-state index in [0.717, 1.165) is 25.0 Å². The Morgan fingerprint density at radius 3 is 2.80 bits per heavy atom. The van der Waals surface area contributed by atoms with Crippen molar-refractivity contribution in [2.45, 2.75) is 50.4 Å². The molecule has 3 rings (SSSR count). The summed E-state index contributed by atoms with van der Waals surface area (Å²) < 4.78 is 6.15. The van der Waals surface area contributed by atoms with E-state index in [-0.39, 0.29) is 0 Å². The van der Waals surface area contributed by atoms with Crippen molar-refractivity contribution >= 4 is 0 Å². The topological polar surface area (TPSA) is 27.7 Å². The Bertz CT molecular complexity index is 312. The number of likely N-dealkylation sites (tertiary alicyclic amines) is 2. The largest absolute Gasteiger partial charge is 0.372 e. The Kier molecular flexibility index (Phi) is 4.97. The Labute approximate surface area is 123 Å². The second kappa shape index (κ2) is 6.73. The highest BCUT2D eigenvalue weighted by Crippen LogP contribution is 2.30. The van der Waals surface area contributed by atoms with Crippen LogP contribution in [0.2, 0.25) is 0 Å². The summed E-state index contributed by atoms with van der Waals surface area (Å²) in [6.07, 6.45) is 7.57. The van der Waals surface area contributed by atoms with Gasteiger partial charge >= 0.3 is 0 Å². The molecule has 0 saturated carbocycles. The van der Waals surface area contributed by atoms with Crippen molar-refractivity contribution < 1.29 is 4.74 Å². The molecule has 0 aromatic heterocycles. The molecule has 0 radical (unpaired) electrons. The molecule has 0 spiro atoms. The lowest BCUT2D eigenvalue weighted by Crippen LogP contribution is -2.53. The number of fused-ring (bicyclic) bond motifs is 1. The van der Waals surface area contributed by atoms with Gasteiger partial charge in [-0.15, -0.1) is 0 Å². The highest BCUT2D eigenvalue weighted by atomic mass is 16.5. The van der Waals surface area contributed by atoms with Crippen molar-refractivity contribution in [3.05, 3.63) is 0 Å². The molecule has 4 heteroatoms. The lowest BCUT2D eigenvalue weighted by atomic mass is 9.84. The number of likely N-dealkylation sites (N-methyl/N-ethyl adjacent to an activating group) is 1. The van der Waals surface area contributed by atoms with E-state index in [4.69, 9.17) is 4.74 Å². The van der Waals surface area contributed by atoms with Crippen LogP contribution in [0.5, 0.6) is 0 Å². The molecule has 4 unspecified atom stereocenters. The smallest absolute Gasteiger partial charge is 0.0707 e. The first kappa shape index (κ1) is 14.8. The fraction of sp³-hybridized carbons (Fsp3) is 1.00. The second-order valence-electron chi connectivity index (χ2n) is 7.01. The molecule has 116 valence electrons. The number of nitrogens with one attached hydrogen (secondary N) is 1. The van der Waals surface area contributed by atoms with Gasteiger partial charge in [0.05, 0.1) is 12.2 Å². The van der Waals surface area contributed by atoms with Gasteiger partial charge in [-0.1, -0.05) is 0 Å². The molecule has 0 aromatic rings. The molecule has 3 aliphatic heterocycles. The zero-order valence-corrected chi connectivity index (χ0v) is 13.2. The summed E-state index contributed by atoms with van der Waals surface area (Å²) >= 11 is 0. The van der Waals surface area contributed by atoms with Crippen molar-refractivity contribution in [2.75, 3.05) is 46.8 Å². The van der Waals surface area contributed by atoms with E-state index < -0.39 is 0 Å². The third-order valence-electron chi connectivity index (χ3n) is 5.52. The summed E-state index contributed by atoms with van der Waals surface area (Å²) in [7, 11) is 4.33. The van der Waals surface area contributed by atoms with Crippen LogP contribution in [0.25, 0.3) is 0 Å². The highest BCUT2D eigenvalue weighted by Gasteiger charge is 2.35. The van der Waals surface area contributed by atoms with Gasteiger partial charge < -0.3 is 19.9 Å². The Hall–Kier alpha value is -0.160. The lowest BCUT2D eigenvalue weighted by Gasteiger charge is -2.46. The van der Waals surface area contributed by atoms with Gasteiger partial charge in [0.1, 0.15) is 0 Å². The molecule has 3 heterocycles. The standard InChI is InChI=1S/C16H31N3O/c1-17-10-14-5-6-15(20-14)12-19-9-7-16-13(11-19)4-3-8-18(16)2/h13-17H,3-12H2,1-2H3. The van der Waals surface area contributed by atoms with Gasteiger partial charge in [-0.2, -0.15) is 0 Å². The first-order chi connectivity index (χ1) is 9.76. The maximum Gasteiger partial charge on any atom is 0.0707 e. The van der Waals surface area contributed by atoms with Gasteiger partial charge in [0.25, 0.3) is 0 Å². The van der Waals surface area contributed by atoms with Crippen LogP contribution in [0, 0.1) is 5.92 Å². The second-order valence-corrected chi connectivity index (χ2v) is 7.01. The Morgan fingerprint density at radius 1 is 1.10 bits per heavy atom. The maximum atomic E-state index is 6.15. The molecule has 0 amide bonds. The molecule has 4 nitrogen and oxygen atoms in total. The minimum absolute atomic E-state index is 0.448. The van der Waals surface area contributed by atoms with Crippen LogP contribution in [-0.4, -0.2) is 74.9 Å². The average molecular weight is 281 g/mol.